The Kier molecular flexibility index (Phi) is 6.17. The van der Waals surface area contributed by atoms with Crippen molar-refractivity contribution < 1.29 is 4.79 Å². The van der Waals surface area contributed by atoms with Crippen LogP contribution in [0.2, 0.25) is 0 Å². The zero-order chi connectivity index (χ0) is 18.5. The molecule has 0 unspecified atom stereocenters. The predicted octanol–water partition coefficient (Wildman–Crippen LogP) is 3.46. The number of nitrogens with one attached hydrogen (secondary N) is 1. The largest absolute Gasteiger partial charge is 0.302 e. The van der Waals surface area contributed by atoms with Gasteiger partial charge in [-0.1, -0.05) is 30.3 Å². The summed E-state index contributed by atoms with van der Waals surface area (Å²) in [7, 11) is 0. The fraction of sp³-hybridized carbons (Fsp3) is 0.524. The lowest BCUT2D eigenvalue weighted by Crippen LogP contribution is -2.50. The van der Waals surface area contributed by atoms with Crippen LogP contribution in [-0.4, -0.2) is 52.9 Å². The van der Waals surface area contributed by atoms with E-state index < -0.39 is 0 Å². The zero-order valence-corrected chi connectivity index (χ0v) is 16.5. The molecule has 1 aromatic carbocycles. The average molecular weight is 385 g/mol. The highest BCUT2D eigenvalue weighted by Crippen LogP contribution is 2.25. The van der Waals surface area contributed by atoms with E-state index in [0.29, 0.717) is 11.2 Å². The van der Waals surface area contributed by atoms with Crippen LogP contribution in [-0.2, 0) is 11.3 Å². The summed E-state index contributed by atoms with van der Waals surface area (Å²) >= 11 is 1.48. The van der Waals surface area contributed by atoms with Crippen LogP contribution in [0.4, 0.5) is 5.13 Å². The van der Waals surface area contributed by atoms with E-state index in [1.54, 1.807) is 6.20 Å². The summed E-state index contributed by atoms with van der Waals surface area (Å²) in [6.07, 6.45) is 6.23. The van der Waals surface area contributed by atoms with Crippen LogP contribution in [0.1, 0.15) is 31.2 Å². The van der Waals surface area contributed by atoms with Gasteiger partial charge in [-0.3, -0.25) is 14.6 Å². The van der Waals surface area contributed by atoms with Crippen molar-refractivity contribution in [2.75, 3.05) is 31.5 Å². The van der Waals surface area contributed by atoms with Gasteiger partial charge in [0.25, 0.3) is 0 Å². The number of piperidine rings is 2. The molecule has 2 aliphatic rings. The summed E-state index contributed by atoms with van der Waals surface area (Å²) in [5.41, 5.74) is 1.40. The molecule has 0 saturated carbocycles. The molecule has 2 saturated heterocycles. The Morgan fingerprint density at radius 3 is 2.70 bits per heavy atom. The van der Waals surface area contributed by atoms with Crippen molar-refractivity contribution in [3.05, 3.63) is 47.5 Å². The topological polar surface area (TPSA) is 48.5 Å². The maximum atomic E-state index is 12.6. The van der Waals surface area contributed by atoms with Crippen LogP contribution in [0, 0.1) is 5.92 Å². The van der Waals surface area contributed by atoms with E-state index >= 15 is 0 Å². The number of carbonyl (C=O) groups is 1. The molecule has 4 rings (SSSR count). The minimum atomic E-state index is 0.0880. The van der Waals surface area contributed by atoms with E-state index in [0.717, 1.165) is 45.6 Å². The second-order valence-electron chi connectivity index (χ2n) is 7.65. The molecular formula is C21H28N4OS. The van der Waals surface area contributed by atoms with Crippen molar-refractivity contribution >= 4 is 22.4 Å². The van der Waals surface area contributed by atoms with Gasteiger partial charge in [-0.2, -0.15) is 0 Å². The normalized spacial score (nSPS) is 22.6. The number of anilines is 1. The molecule has 144 valence electrons. The highest BCUT2D eigenvalue weighted by atomic mass is 32.1. The van der Waals surface area contributed by atoms with E-state index in [1.165, 1.54) is 29.7 Å². The molecule has 2 aliphatic heterocycles. The lowest BCUT2D eigenvalue weighted by molar-refractivity contribution is -0.122. The second kappa shape index (κ2) is 8.95. The molecule has 2 fully saturated rings. The maximum absolute atomic E-state index is 12.6. The SMILES string of the molecule is O=C(Nc1nccs1)[C@@H]1CCCN(C2CCN(Cc3ccccc3)CC2)C1. The van der Waals surface area contributed by atoms with Gasteiger partial charge in [0, 0.05) is 30.7 Å². The van der Waals surface area contributed by atoms with Crippen LogP contribution in [0.25, 0.3) is 0 Å². The Labute approximate surface area is 165 Å². The molecule has 0 spiro atoms. The van der Waals surface area contributed by atoms with Gasteiger partial charge in [0.05, 0.1) is 5.92 Å². The number of amides is 1. The maximum Gasteiger partial charge on any atom is 0.230 e. The Hall–Kier alpha value is -1.76. The molecular weight excluding hydrogens is 356 g/mol. The van der Waals surface area contributed by atoms with E-state index in [4.69, 9.17) is 0 Å². The first kappa shape index (κ1) is 18.6. The number of thiazole rings is 1. The van der Waals surface area contributed by atoms with Gasteiger partial charge in [0.2, 0.25) is 5.91 Å². The molecule has 1 N–H and O–H groups in total. The first-order valence-electron chi connectivity index (χ1n) is 9.98. The zero-order valence-electron chi connectivity index (χ0n) is 15.7. The van der Waals surface area contributed by atoms with E-state index in [2.05, 4.69) is 50.4 Å². The smallest absolute Gasteiger partial charge is 0.230 e. The molecule has 1 amide bonds. The van der Waals surface area contributed by atoms with Crippen LogP contribution >= 0.6 is 11.3 Å². The van der Waals surface area contributed by atoms with Gasteiger partial charge in [-0.15, -0.1) is 11.3 Å². The summed E-state index contributed by atoms with van der Waals surface area (Å²) in [6, 6.07) is 11.4. The molecule has 1 atom stereocenters. The lowest BCUT2D eigenvalue weighted by Gasteiger charge is -2.42. The standard InChI is InChI=1S/C21H28N4OS/c26-20(23-21-22-10-14-27-21)18-7-4-11-25(16-18)19-8-12-24(13-9-19)15-17-5-2-1-3-6-17/h1-3,5-6,10,14,18-19H,4,7-9,11-13,15-16H2,(H,22,23,26)/t18-/m1/s1. The first-order chi connectivity index (χ1) is 13.3. The first-order valence-corrected chi connectivity index (χ1v) is 10.9. The minimum absolute atomic E-state index is 0.0880. The summed E-state index contributed by atoms with van der Waals surface area (Å²) in [5, 5.41) is 5.59. The van der Waals surface area contributed by atoms with E-state index in [9.17, 15) is 4.79 Å². The number of nitrogens with zero attached hydrogens (tertiary/aromatic N) is 3. The highest BCUT2D eigenvalue weighted by molar-refractivity contribution is 7.13. The Balaban J connectivity index is 1.26. The Bertz CT molecular complexity index is 713. The summed E-state index contributed by atoms with van der Waals surface area (Å²) in [4.78, 5) is 21.9. The monoisotopic (exact) mass is 384 g/mol. The molecule has 5 nitrogen and oxygen atoms in total. The number of hydrogen-bond donors (Lipinski definition) is 1. The van der Waals surface area contributed by atoms with Crippen molar-refractivity contribution in [1.29, 1.82) is 0 Å². The van der Waals surface area contributed by atoms with Gasteiger partial charge >= 0.3 is 0 Å². The Morgan fingerprint density at radius 2 is 1.96 bits per heavy atom. The lowest BCUT2D eigenvalue weighted by atomic mass is 9.93. The van der Waals surface area contributed by atoms with Gasteiger partial charge in [-0.05, 0) is 50.9 Å². The van der Waals surface area contributed by atoms with E-state index in [-0.39, 0.29) is 11.8 Å². The van der Waals surface area contributed by atoms with Crippen LogP contribution in [0.15, 0.2) is 41.9 Å². The number of aromatic nitrogens is 1. The number of benzene rings is 1. The van der Waals surface area contributed by atoms with Crippen LogP contribution in [0.3, 0.4) is 0 Å². The van der Waals surface area contributed by atoms with Gasteiger partial charge in [0.1, 0.15) is 0 Å². The number of rotatable bonds is 5. The average Bonchev–Trinajstić information content (AvgIpc) is 3.22. The molecule has 6 heteroatoms. The molecule has 1 aromatic heterocycles. The quantitative estimate of drug-likeness (QED) is 0.858. The number of carbonyl (C=O) groups excluding carboxylic acids is 1. The van der Waals surface area contributed by atoms with Crippen LogP contribution < -0.4 is 5.32 Å². The van der Waals surface area contributed by atoms with Gasteiger partial charge in [0.15, 0.2) is 5.13 Å². The van der Waals surface area contributed by atoms with Crippen molar-refractivity contribution in [1.82, 2.24) is 14.8 Å². The third-order valence-corrected chi connectivity index (χ3v) is 6.50. The third-order valence-electron chi connectivity index (χ3n) is 5.81. The van der Waals surface area contributed by atoms with Crippen molar-refractivity contribution in [3.63, 3.8) is 0 Å². The molecule has 3 heterocycles. The number of hydrogen-bond acceptors (Lipinski definition) is 5. The summed E-state index contributed by atoms with van der Waals surface area (Å²) < 4.78 is 0. The van der Waals surface area contributed by atoms with Crippen molar-refractivity contribution in [2.24, 2.45) is 5.92 Å². The Morgan fingerprint density at radius 1 is 1.15 bits per heavy atom. The van der Waals surface area contributed by atoms with Crippen molar-refractivity contribution in [3.8, 4) is 0 Å². The summed E-state index contributed by atoms with van der Waals surface area (Å²) in [5.74, 6) is 0.223. The molecule has 0 bridgehead atoms. The fourth-order valence-electron chi connectivity index (χ4n) is 4.33. The summed E-state index contributed by atoms with van der Waals surface area (Å²) in [6.45, 7) is 5.36. The third kappa shape index (κ3) is 4.94. The fourth-order valence-corrected chi connectivity index (χ4v) is 4.86. The number of likely N-dealkylation sites (tertiary alicyclic amines) is 2. The molecule has 0 radical (unpaired) electrons. The molecule has 0 aliphatic carbocycles. The van der Waals surface area contributed by atoms with Gasteiger partial charge in [-0.25, -0.2) is 4.98 Å². The van der Waals surface area contributed by atoms with Crippen LogP contribution in [0.5, 0.6) is 0 Å². The predicted molar refractivity (Wildman–Crippen MR) is 110 cm³/mol. The van der Waals surface area contributed by atoms with E-state index in [1.807, 2.05) is 5.38 Å². The highest BCUT2D eigenvalue weighted by Gasteiger charge is 2.31. The minimum Gasteiger partial charge on any atom is -0.302 e. The molecule has 27 heavy (non-hydrogen) atoms. The molecule has 2 aromatic rings. The second-order valence-corrected chi connectivity index (χ2v) is 8.55. The van der Waals surface area contributed by atoms with Crippen molar-refractivity contribution in [2.45, 2.75) is 38.3 Å². The van der Waals surface area contributed by atoms with Gasteiger partial charge < -0.3 is 5.32 Å².